The van der Waals surface area contributed by atoms with Gasteiger partial charge in [-0.25, -0.2) is 14.4 Å². The summed E-state index contributed by atoms with van der Waals surface area (Å²) < 4.78 is 65.9. The second-order valence-corrected chi connectivity index (χ2v) is 9.69. The van der Waals surface area contributed by atoms with Gasteiger partial charge >= 0.3 is 6.18 Å². The fraction of sp³-hybridized carbons (Fsp3) is 0.481. The monoisotopic (exact) mass is 518 g/mol. The highest BCUT2D eigenvalue weighted by Gasteiger charge is 2.35. The van der Waals surface area contributed by atoms with Crippen molar-refractivity contribution in [3.63, 3.8) is 0 Å². The van der Waals surface area contributed by atoms with Crippen LogP contribution in [0.2, 0.25) is 0 Å². The number of nitrogens with zero attached hydrogens (tertiary/aromatic N) is 3. The molecule has 37 heavy (non-hydrogen) atoms. The number of benzene rings is 2. The van der Waals surface area contributed by atoms with Crippen LogP contribution < -0.4 is 10.2 Å². The molecule has 1 fully saturated rings. The molecule has 2 atom stereocenters. The van der Waals surface area contributed by atoms with Crippen LogP contribution >= 0.6 is 0 Å². The van der Waals surface area contributed by atoms with Gasteiger partial charge in [-0.2, -0.15) is 13.2 Å². The largest absolute Gasteiger partial charge is 0.419 e. The first-order valence-corrected chi connectivity index (χ1v) is 12.5. The molecule has 6 nitrogen and oxygen atoms in total. The molecule has 1 aromatic heterocycles. The lowest BCUT2D eigenvalue weighted by atomic mass is 10.0. The van der Waals surface area contributed by atoms with E-state index in [4.69, 9.17) is 14.5 Å². The number of alkyl halides is 3. The van der Waals surface area contributed by atoms with Crippen molar-refractivity contribution in [1.29, 1.82) is 0 Å². The summed E-state index contributed by atoms with van der Waals surface area (Å²) in [4.78, 5) is 11.6. The van der Waals surface area contributed by atoms with Gasteiger partial charge in [-0.15, -0.1) is 0 Å². The van der Waals surface area contributed by atoms with Gasteiger partial charge in [-0.3, -0.25) is 0 Å². The zero-order valence-electron chi connectivity index (χ0n) is 21.1. The van der Waals surface area contributed by atoms with E-state index in [1.165, 1.54) is 23.3 Å². The zero-order valence-corrected chi connectivity index (χ0v) is 21.1. The van der Waals surface area contributed by atoms with E-state index < -0.39 is 23.6 Å². The number of rotatable bonds is 6. The highest BCUT2D eigenvalue weighted by atomic mass is 19.4. The molecule has 0 radical (unpaired) electrons. The summed E-state index contributed by atoms with van der Waals surface area (Å²) in [5.41, 5.74) is 3.03. The van der Waals surface area contributed by atoms with Crippen molar-refractivity contribution < 1.29 is 27.0 Å². The SMILES string of the molecule is COC[C@H]1CN(c2cc3c(N[C@H](C)c4cccc(C(F)(F)F)c4F)nc(C)nc3c3c2CCC3)CCO1. The van der Waals surface area contributed by atoms with Crippen LogP contribution in [0.1, 0.15) is 47.5 Å². The molecule has 2 aromatic carbocycles. The van der Waals surface area contributed by atoms with Crippen LogP contribution in [0.25, 0.3) is 10.9 Å². The van der Waals surface area contributed by atoms with Crippen LogP contribution in [0.5, 0.6) is 0 Å². The van der Waals surface area contributed by atoms with Crippen molar-refractivity contribution in [1.82, 2.24) is 9.97 Å². The van der Waals surface area contributed by atoms with Gasteiger partial charge in [0, 0.05) is 36.8 Å². The van der Waals surface area contributed by atoms with E-state index in [9.17, 15) is 17.6 Å². The Morgan fingerprint density at radius 1 is 1.22 bits per heavy atom. The van der Waals surface area contributed by atoms with E-state index in [0.29, 0.717) is 31.4 Å². The minimum Gasteiger partial charge on any atom is -0.382 e. The summed E-state index contributed by atoms with van der Waals surface area (Å²) in [6, 6.07) is 4.65. The Morgan fingerprint density at radius 2 is 2.00 bits per heavy atom. The standard InChI is InChI=1S/C27H30F4N4O2/c1-15(18-6-5-9-22(24(18)28)27(29,30)31)32-26-21-12-23(35-10-11-37-17(13-35)14-36-3)19-7-4-8-20(19)25(21)33-16(2)34-26/h5-6,9,12,15,17H,4,7-8,10-11,13-14H2,1-3H3,(H,32,33,34)/t15-,17-/m1/s1. The van der Waals surface area contributed by atoms with E-state index >= 15 is 0 Å². The van der Waals surface area contributed by atoms with Crippen LogP contribution in [-0.4, -0.2) is 49.5 Å². The fourth-order valence-electron chi connectivity index (χ4n) is 5.46. The number of hydrogen-bond donors (Lipinski definition) is 1. The van der Waals surface area contributed by atoms with Crippen LogP contribution in [0, 0.1) is 12.7 Å². The maximum absolute atomic E-state index is 14.9. The number of morpholine rings is 1. The summed E-state index contributed by atoms with van der Waals surface area (Å²) in [6.45, 7) is 5.93. The normalized spacial score (nSPS) is 18.8. The third-order valence-corrected chi connectivity index (χ3v) is 7.14. The van der Waals surface area contributed by atoms with Crippen molar-refractivity contribution in [2.75, 3.05) is 43.6 Å². The van der Waals surface area contributed by atoms with Gasteiger partial charge in [0.05, 0.1) is 36.4 Å². The fourth-order valence-corrected chi connectivity index (χ4v) is 5.46. The molecule has 1 saturated heterocycles. The van der Waals surface area contributed by atoms with E-state index in [0.717, 1.165) is 48.5 Å². The van der Waals surface area contributed by atoms with Crippen molar-refractivity contribution in [2.45, 2.75) is 51.4 Å². The third-order valence-electron chi connectivity index (χ3n) is 7.14. The maximum atomic E-state index is 14.9. The Hall–Kier alpha value is -2.98. The van der Waals surface area contributed by atoms with E-state index in [2.05, 4.69) is 21.3 Å². The zero-order chi connectivity index (χ0) is 26.3. The molecule has 10 heteroatoms. The number of nitrogens with one attached hydrogen (secondary N) is 1. The highest BCUT2D eigenvalue weighted by Crippen LogP contribution is 2.40. The summed E-state index contributed by atoms with van der Waals surface area (Å²) in [6.07, 6.45) is -1.96. The van der Waals surface area contributed by atoms with Gasteiger partial charge in [0.1, 0.15) is 17.5 Å². The van der Waals surface area contributed by atoms with Crippen LogP contribution in [0.3, 0.4) is 0 Å². The topological polar surface area (TPSA) is 59.5 Å². The van der Waals surface area contributed by atoms with E-state index in [1.54, 1.807) is 21.0 Å². The number of fused-ring (bicyclic) bond motifs is 3. The van der Waals surface area contributed by atoms with Gasteiger partial charge < -0.3 is 19.7 Å². The number of aromatic nitrogens is 2. The molecule has 198 valence electrons. The molecule has 1 N–H and O–H groups in total. The van der Waals surface area contributed by atoms with Gasteiger partial charge in [-0.1, -0.05) is 12.1 Å². The van der Waals surface area contributed by atoms with Crippen LogP contribution in [-0.2, 0) is 28.5 Å². The minimum atomic E-state index is -4.77. The third kappa shape index (κ3) is 4.96. The summed E-state index contributed by atoms with van der Waals surface area (Å²) in [5, 5.41) is 3.96. The molecule has 0 saturated carbocycles. The Kier molecular flexibility index (Phi) is 6.97. The summed E-state index contributed by atoms with van der Waals surface area (Å²) >= 11 is 0. The minimum absolute atomic E-state index is 0.0396. The first-order valence-electron chi connectivity index (χ1n) is 12.5. The molecule has 2 aliphatic rings. The molecule has 2 heterocycles. The predicted molar refractivity (Wildman–Crippen MR) is 134 cm³/mol. The molecule has 1 aliphatic carbocycles. The van der Waals surface area contributed by atoms with Crippen LogP contribution in [0.15, 0.2) is 24.3 Å². The molecule has 0 spiro atoms. The summed E-state index contributed by atoms with van der Waals surface area (Å²) in [7, 11) is 1.65. The smallest absolute Gasteiger partial charge is 0.382 e. The second kappa shape index (κ2) is 10.1. The highest BCUT2D eigenvalue weighted by molar-refractivity contribution is 5.96. The Morgan fingerprint density at radius 3 is 2.76 bits per heavy atom. The van der Waals surface area contributed by atoms with Gasteiger partial charge in [0.15, 0.2) is 0 Å². The Labute approximate surface area is 213 Å². The average Bonchev–Trinajstić information content (AvgIpc) is 3.34. The van der Waals surface area contributed by atoms with Gasteiger partial charge in [-0.05, 0) is 56.4 Å². The van der Waals surface area contributed by atoms with Crippen LogP contribution in [0.4, 0.5) is 29.1 Å². The summed E-state index contributed by atoms with van der Waals surface area (Å²) in [5.74, 6) is -0.256. The Balaban J connectivity index is 1.57. The average molecular weight is 519 g/mol. The molecule has 0 amide bonds. The number of aryl methyl sites for hydroxylation is 2. The molecule has 5 rings (SSSR count). The van der Waals surface area contributed by atoms with Crippen molar-refractivity contribution in [2.24, 2.45) is 0 Å². The van der Waals surface area contributed by atoms with Gasteiger partial charge in [0.25, 0.3) is 0 Å². The number of hydrogen-bond acceptors (Lipinski definition) is 6. The molecule has 3 aromatic rings. The molecular weight excluding hydrogens is 488 g/mol. The van der Waals surface area contributed by atoms with Crippen molar-refractivity contribution in [3.05, 3.63) is 58.2 Å². The number of halogens is 4. The van der Waals surface area contributed by atoms with E-state index in [1.807, 2.05) is 0 Å². The Bertz CT molecular complexity index is 1310. The molecular formula is C27H30F4N4O2. The quantitative estimate of drug-likeness (QED) is 0.428. The number of anilines is 2. The van der Waals surface area contributed by atoms with E-state index in [-0.39, 0.29) is 11.7 Å². The first kappa shape index (κ1) is 25.7. The van der Waals surface area contributed by atoms with Crippen molar-refractivity contribution >= 4 is 22.4 Å². The predicted octanol–water partition coefficient (Wildman–Crippen LogP) is 5.61. The lowest BCUT2D eigenvalue weighted by Crippen LogP contribution is -2.44. The molecule has 1 aliphatic heterocycles. The number of ether oxygens (including phenoxy) is 2. The molecule has 0 bridgehead atoms. The first-order chi connectivity index (χ1) is 17.7. The number of methoxy groups -OCH3 is 1. The van der Waals surface area contributed by atoms with Crippen molar-refractivity contribution in [3.8, 4) is 0 Å². The second-order valence-electron chi connectivity index (χ2n) is 9.69. The lowest BCUT2D eigenvalue weighted by molar-refractivity contribution is -0.140. The molecule has 0 unspecified atom stereocenters. The maximum Gasteiger partial charge on any atom is 0.419 e. The lowest BCUT2D eigenvalue weighted by Gasteiger charge is -2.35. The van der Waals surface area contributed by atoms with Gasteiger partial charge in [0.2, 0.25) is 0 Å².